The monoisotopic (exact) mass is 533 g/mol. The second-order valence-electron chi connectivity index (χ2n) is 8.23. The summed E-state index contributed by atoms with van der Waals surface area (Å²) in [7, 11) is -3.10. The van der Waals surface area contributed by atoms with Gasteiger partial charge < -0.3 is 14.8 Å². The van der Waals surface area contributed by atoms with Gasteiger partial charge in [0.2, 0.25) is 5.82 Å². The molecule has 3 aromatic heterocycles. The number of carbonyl (C=O) groups is 1. The molecule has 1 aliphatic rings. The highest BCUT2D eigenvalue weighted by atomic mass is 35.5. The van der Waals surface area contributed by atoms with E-state index in [1.165, 1.54) is 29.0 Å². The lowest BCUT2D eigenvalue weighted by atomic mass is 9.95. The molecule has 3 aromatic rings. The van der Waals surface area contributed by atoms with Crippen LogP contribution in [0.3, 0.4) is 0 Å². The summed E-state index contributed by atoms with van der Waals surface area (Å²) in [5.41, 5.74) is -0.405. The van der Waals surface area contributed by atoms with Gasteiger partial charge in [0, 0.05) is 17.8 Å². The van der Waals surface area contributed by atoms with Gasteiger partial charge in [0.1, 0.15) is 15.6 Å². The summed E-state index contributed by atoms with van der Waals surface area (Å²) in [5, 5.41) is 6.98. The summed E-state index contributed by atoms with van der Waals surface area (Å²) < 4.78 is 72.6. The van der Waals surface area contributed by atoms with E-state index in [9.17, 15) is 26.4 Å². The van der Waals surface area contributed by atoms with Crippen molar-refractivity contribution in [3.63, 3.8) is 0 Å². The number of halogens is 4. The maximum Gasteiger partial charge on any atom is 0.422 e. The summed E-state index contributed by atoms with van der Waals surface area (Å²) in [6, 6.07) is 4.09. The van der Waals surface area contributed by atoms with Crippen molar-refractivity contribution in [3.05, 3.63) is 41.4 Å². The minimum absolute atomic E-state index is 0.0174. The first-order valence-corrected chi connectivity index (χ1v) is 12.4. The van der Waals surface area contributed by atoms with Gasteiger partial charge in [0.15, 0.2) is 18.0 Å². The molecular formula is C20H19ClF3N5O5S. The van der Waals surface area contributed by atoms with Gasteiger partial charge in [-0.2, -0.15) is 13.2 Å². The molecule has 0 aliphatic carbocycles. The molecule has 1 N–H and O–H groups in total. The van der Waals surface area contributed by atoms with Crippen LogP contribution < -0.4 is 14.8 Å². The van der Waals surface area contributed by atoms with Crippen molar-refractivity contribution in [2.24, 2.45) is 0 Å². The van der Waals surface area contributed by atoms with Crippen LogP contribution in [0.25, 0.3) is 5.65 Å². The van der Waals surface area contributed by atoms with Gasteiger partial charge >= 0.3 is 6.18 Å². The maximum atomic E-state index is 12.7. The van der Waals surface area contributed by atoms with Gasteiger partial charge in [-0.15, -0.1) is 5.10 Å². The number of nitrogens with one attached hydrogen (secondary N) is 1. The Morgan fingerprint density at radius 2 is 2.00 bits per heavy atom. The molecule has 4 rings (SSSR count). The van der Waals surface area contributed by atoms with Gasteiger partial charge in [0.05, 0.1) is 22.7 Å². The number of carbonyl (C=O) groups excluding carboxylic acids is 1. The first-order valence-electron chi connectivity index (χ1n) is 10.2. The Hall–Kier alpha value is -3.13. The summed E-state index contributed by atoms with van der Waals surface area (Å²) in [6.07, 6.45) is -1.47. The lowest BCUT2D eigenvalue weighted by Crippen LogP contribution is -2.51. The summed E-state index contributed by atoms with van der Waals surface area (Å²) >= 11 is 5.80. The lowest BCUT2D eigenvalue weighted by Gasteiger charge is -2.33. The Labute approximate surface area is 202 Å². The third-order valence-electron chi connectivity index (χ3n) is 5.24. The number of hydrogen-bond acceptors (Lipinski definition) is 8. The number of fused-ring (bicyclic) bond motifs is 1. The molecule has 1 saturated heterocycles. The van der Waals surface area contributed by atoms with Crippen molar-refractivity contribution in [2.75, 3.05) is 18.1 Å². The second kappa shape index (κ2) is 9.15. The topological polar surface area (TPSA) is 125 Å². The zero-order valence-electron chi connectivity index (χ0n) is 18.2. The van der Waals surface area contributed by atoms with Crippen LogP contribution in [-0.4, -0.2) is 63.7 Å². The van der Waals surface area contributed by atoms with Crippen LogP contribution in [0, 0.1) is 0 Å². The van der Waals surface area contributed by atoms with E-state index >= 15 is 0 Å². The predicted octanol–water partition coefficient (Wildman–Crippen LogP) is 3.21. The van der Waals surface area contributed by atoms with Gasteiger partial charge in [-0.25, -0.2) is 22.9 Å². The first kappa shape index (κ1) is 25.0. The Morgan fingerprint density at radius 3 is 2.69 bits per heavy atom. The van der Waals surface area contributed by atoms with Gasteiger partial charge in [-0.3, -0.25) is 4.79 Å². The molecule has 0 saturated carbocycles. The second-order valence-corrected chi connectivity index (χ2v) is 11.0. The third kappa shape index (κ3) is 6.31. The molecule has 10 nitrogen and oxygen atoms in total. The zero-order chi connectivity index (χ0) is 25.4. The normalized spacial score (nSPS) is 17.2. The van der Waals surface area contributed by atoms with Crippen molar-refractivity contribution in [2.45, 2.75) is 31.5 Å². The maximum absolute atomic E-state index is 12.7. The number of rotatable bonds is 6. The van der Waals surface area contributed by atoms with Crippen LogP contribution in [0.4, 0.5) is 13.2 Å². The summed E-state index contributed by atoms with van der Waals surface area (Å²) in [5.74, 6) is -1.18. The number of nitrogens with zero attached hydrogens (tertiary/aromatic N) is 4. The van der Waals surface area contributed by atoms with Crippen molar-refractivity contribution < 1.29 is 35.9 Å². The van der Waals surface area contributed by atoms with Crippen LogP contribution in [0.5, 0.6) is 17.4 Å². The van der Waals surface area contributed by atoms with Crippen LogP contribution in [0.1, 0.15) is 30.4 Å². The molecule has 4 heterocycles. The molecule has 15 heteroatoms. The number of hydrogen-bond donors (Lipinski definition) is 1. The van der Waals surface area contributed by atoms with E-state index in [-0.39, 0.29) is 52.6 Å². The van der Waals surface area contributed by atoms with Crippen molar-refractivity contribution in [1.29, 1.82) is 0 Å². The zero-order valence-corrected chi connectivity index (χ0v) is 19.7. The predicted molar refractivity (Wildman–Crippen MR) is 118 cm³/mol. The van der Waals surface area contributed by atoms with E-state index in [0.717, 1.165) is 6.07 Å². The molecule has 188 valence electrons. The van der Waals surface area contributed by atoms with Crippen LogP contribution in [0.15, 0.2) is 30.6 Å². The van der Waals surface area contributed by atoms with Crippen LogP contribution >= 0.6 is 11.6 Å². The van der Waals surface area contributed by atoms with E-state index in [1.807, 2.05) is 0 Å². The minimum Gasteiger partial charge on any atom is -0.478 e. The average Bonchev–Trinajstić information content (AvgIpc) is 3.19. The Bertz CT molecular complexity index is 1370. The van der Waals surface area contributed by atoms with E-state index in [4.69, 9.17) is 21.1 Å². The minimum atomic E-state index is -4.57. The van der Waals surface area contributed by atoms with Gasteiger partial charge in [0.25, 0.3) is 11.8 Å². The quantitative estimate of drug-likeness (QED) is 0.512. The fraction of sp³-hybridized carbons (Fsp3) is 0.400. The van der Waals surface area contributed by atoms with E-state index in [2.05, 4.69) is 20.4 Å². The summed E-state index contributed by atoms with van der Waals surface area (Å²) in [4.78, 5) is 20.7. The fourth-order valence-electron chi connectivity index (χ4n) is 3.32. The van der Waals surface area contributed by atoms with Gasteiger partial charge in [-0.1, -0.05) is 11.6 Å². The Balaban J connectivity index is 1.50. The molecule has 1 amide bonds. The third-order valence-corrected chi connectivity index (χ3v) is 7.10. The van der Waals surface area contributed by atoms with Crippen molar-refractivity contribution in [3.8, 4) is 17.4 Å². The molecule has 0 unspecified atom stereocenters. The Morgan fingerprint density at radius 1 is 1.29 bits per heavy atom. The average molecular weight is 534 g/mol. The van der Waals surface area contributed by atoms with Crippen LogP contribution in [0.2, 0.25) is 5.02 Å². The number of pyridine rings is 2. The number of alkyl halides is 3. The highest BCUT2D eigenvalue weighted by molar-refractivity contribution is 7.91. The number of ether oxygens (including phenoxy) is 2. The van der Waals surface area contributed by atoms with Crippen molar-refractivity contribution >= 4 is 33.0 Å². The number of aromatic nitrogens is 4. The van der Waals surface area contributed by atoms with E-state index in [0.29, 0.717) is 5.65 Å². The molecule has 0 atom stereocenters. The standard InChI is InChI=1S/C20H19ClF3N5O5S/c1-19(4-6-35(31,32)7-5-19)27-17(30)16-26-15-3-2-13(10-29(15)28-16)34-18-14(8-12(21)9-25-18)33-11-20(22,23)24/h2-3,8-10H,4-7,11H2,1H3,(H,27,30). The fourth-order valence-corrected chi connectivity index (χ4v) is 5.20. The van der Waals surface area contributed by atoms with E-state index < -0.39 is 34.1 Å². The highest BCUT2D eigenvalue weighted by Crippen LogP contribution is 2.33. The van der Waals surface area contributed by atoms with E-state index in [1.54, 1.807) is 6.92 Å². The molecule has 35 heavy (non-hydrogen) atoms. The molecule has 1 fully saturated rings. The summed E-state index contributed by atoms with van der Waals surface area (Å²) in [6.45, 7) is 0.204. The molecule has 0 spiro atoms. The van der Waals surface area contributed by atoms with Crippen LogP contribution in [-0.2, 0) is 9.84 Å². The molecule has 0 radical (unpaired) electrons. The number of sulfone groups is 1. The van der Waals surface area contributed by atoms with Crippen molar-refractivity contribution in [1.82, 2.24) is 24.9 Å². The van der Waals surface area contributed by atoms with Gasteiger partial charge in [-0.05, 0) is 31.9 Å². The highest BCUT2D eigenvalue weighted by Gasteiger charge is 2.35. The largest absolute Gasteiger partial charge is 0.478 e. The number of amides is 1. The lowest BCUT2D eigenvalue weighted by molar-refractivity contribution is -0.153. The molecule has 1 aliphatic heterocycles. The first-order chi connectivity index (χ1) is 16.3. The molecular weight excluding hydrogens is 515 g/mol. The SMILES string of the molecule is CC1(NC(=O)c2nc3ccc(Oc4ncc(Cl)cc4OCC(F)(F)F)cn3n2)CCS(=O)(=O)CC1. The molecule has 0 bridgehead atoms. The molecule has 0 aromatic carbocycles. The Kier molecular flexibility index (Phi) is 6.53. The smallest absolute Gasteiger partial charge is 0.422 e.